The van der Waals surface area contributed by atoms with Crippen LogP contribution in [0.1, 0.15) is 68.8 Å². The number of nitriles is 1. The molecular weight excluding hydrogens is 717 g/mol. The highest BCUT2D eigenvalue weighted by Gasteiger charge is 2.60. The van der Waals surface area contributed by atoms with Crippen LogP contribution in [-0.4, -0.2) is 85.1 Å². The molecule has 4 bridgehead atoms. The first-order valence-electron chi connectivity index (χ1n) is 17.9. The van der Waals surface area contributed by atoms with Crippen molar-refractivity contribution in [2.45, 2.75) is 74.6 Å². The lowest BCUT2D eigenvalue weighted by atomic mass is 9.72. The number of benzene rings is 3. The number of nitrogens with zero attached hydrogens (tertiary/aromatic N) is 2. The number of phenolic OH excluding ortho intramolecular Hbond substituents is 2. The Hall–Kier alpha value is -4.88. The Labute approximate surface area is 315 Å². The van der Waals surface area contributed by atoms with E-state index in [-0.39, 0.29) is 42.4 Å². The fourth-order valence-electron chi connectivity index (χ4n) is 9.79. The van der Waals surface area contributed by atoms with Gasteiger partial charge in [0.2, 0.25) is 6.79 Å². The van der Waals surface area contributed by atoms with Crippen LogP contribution in [0.15, 0.2) is 18.2 Å². The highest BCUT2D eigenvalue weighted by atomic mass is 32.2. The highest BCUT2D eigenvalue weighted by Crippen LogP contribution is 2.63. The summed E-state index contributed by atoms with van der Waals surface area (Å²) in [6, 6.07) is 5.06. The summed E-state index contributed by atoms with van der Waals surface area (Å²) in [6.45, 7) is 5.25. The van der Waals surface area contributed by atoms with Crippen molar-refractivity contribution >= 4 is 23.7 Å². The SMILES string of the molecule is COc1cc2c(cc1O)CCN[C@]21CS[C@@H]2c3c(OC(C)=O)c(C)c4c(c3[C@H](COC1=O)N1[C@@H]2C2NC(Cc3cc(C)c(OC)c(O)c32)[C@@H]1C#N)OCO4. The Kier molecular flexibility index (Phi) is 8.13. The molecule has 0 amide bonds. The maximum Gasteiger partial charge on any atom is 0.331 e. The Morgan fingerprint density at radius 1 is 1.06 bits per heavy atom. The van der Waals surface area contributed by atoms with Crippen LogP contribution in [0.5, 0.6) is 40.2 Å². The maximum absolute atomic E-state index is 14.7. The maximum atomic E-state index is 14.7. The van der Waals surface area contributed by atoms with Crippen molar-refractivity contribution < 1.29 is 48.2 Å². The fraction of sp³-hybridized carbons (Fsp3) is 0.462. The quantitative estimate of drug-likeness (QED) is 0.225. The van der Waals surface area contributed by atoms with Crippen LogP contribution in [0.25, 0.3) is 0 Å². The number of piperazine rings is 1. The molecule has 7 heterocycles. The van der Waals surface area contributed by atoms with Crippen LogP contribution in [0.3, 0.4) is 0 Å². The summed E-state index contributed by atoms with van der Waals surface area (Å²) in [6.07, 6.45) is 1.03. The normalized spacial score (nSPS) is 28.9. The zero-order valence-corrected chi connectivity index (χ0v) is 31.2. The van der Waals surface area contributed by atoms with Crippen LogP contribution in [-0.2, 0) is 32.7 Å². The molecule has 1 spiro atoms. The summed E-state index contributed by atoms with van der Waals surface area (Å²) >= 11 is 1.46. The van der Waals surface area contributed by atoms with Gasteiger partial charge in [-0.2, -0.15) is 5.26 Å². The van der Waals surface area contributed by atoms with E-state index < -0.39 is 46.9 Å². The summed E-state index contributed by atoms with van der Waals surface area (Å²) in [5.41, 5.74) is 4.33. The van der Waals surface area contributed by atoms with Crippen LogP contribution in [0.4, 0.5) is 0 Å². The number of aromatic hydroxyl groups is 2. The molecule has 54 heavy (non-hydrogen) atoms. The van der Waals surface area contributed by atoms with E-state index in [0.717, 1.165) is 16.7 Å². The number of fused-ring (bicyclic) bond motifs is 9. The van der Waals surface area contributed by atoms with E-state index in [4.69, 9.17) is 28.4 Å². The summed E-state index contributed by atoms with van der Waals surface area (Å²) in [7, 11) is 2.99. The molecule has 0 aromatic heterocycles. The largest absolute Gasteiger partial charge is 0.504 e. The molecule has 2 saturated heterocycles. The third kappa shape index (κ3) is 4.76. The smallest absolute Gasteiger partial charge is 0.331 e. The van der Waals surface area contributed by atoms with Gasteiger partial charge in [-0.05, 0) is 61.1 Å². The summed E-state index contributed by atoms with van der Waals surface area (Å²) in [5, 5.41) is 40.3. The number of aryl methyl sites for hydroxylation is 1. The highest BCUT2D eigenvalue weighted by molar-refractivity contribution is 7.99. The van der Waals surface area contributed by atoms with E-state index in [1.807, 2.05) is 19.9 Å². The van der Waals surface area contributed by atoms with Gasteiger partial charge in [-0.25, -0.2) is 4.79 Å². The Balaban J connectivity index is 1.32. The summed E-state index contributed by atoms with van der Waals surface area (Å²) in [5.74, 6) is 0.913. The molecule has 0 saturated carbocycles. The first kappa shape index (κ1) is 34.9. The van der Waals surface area contributed by atoms with Gasteiger partial charge in [0.25, 0.3) is 0 Å². The van der Waals surface area contributed by atoms with Crippen molar-refractivity contribution in [2.75, 3.05) is 39.9 Å². The molecule has 0 radical (unpaired) electrons. The molecule has 2 unspecified atom stereocenters. The third-order valence-electron chi connectivity index (χ3n) is 11.9. The number of ether oxygens (including phenoxy) is 6. The number of carbonyl (C=O) groups is 2. The number of hydrogen-bond donors (Lipinski definition) is 4. The van der Waals surface area contributed by atoms with Crippen molar-refractivity contribution in [3.63, 3.8) is 0 Å². The lowest BCUT2D eigenvalue weighted by molar-refractivity contribution is -0.155. The van der Waals surface area contributed by atoms with Crippen molar-refractivity contribution in [3.05, 3.63) is 62.7 Å². The van der Waals surface area contributed by atoms with Crippen molar-refractivity contribution in [2.24, 2.45) is 0 Å². The Bertz CT molecular complexity index is 2190. The van der Waals surface area contributed by atoms with Crippen molar-refractivity contribution in [1.29, 1.82) is 5.26 Å². The zero-order chi connectivity index (χ0) is 37.8. The molecular formula is C39H40N4O10S. The van der Waals surface area contributed by atoms with Crippen molar-refractivity contribution in [3.8, 4) is 46.3 Å². The predicted octanol–water partition coefficient (Wildman–Crippen LogP) is 3.64. The molecule has 14 nitrogen and oxygen atoms in total. The van der Waals surface area contributed by atoms with Gasteiger partial charge >= 0.3 is 11.9 Å². The van der Waals surface area contributed by atoms with Gasteiger partial charge < -0.3 is 44.0 Å². The molecule has 10 rings (SSSR count). The van der Waals surface area contributed by atoms with Crippen molar-refractivity contribution in [1.82, 2.24) is 15.5 Å². The summed E-state index contributed by atoms with van der Waals surface area (Å²) in [4.78, 5) is 29.7. The Morgan fingerprint density at radius 3 is 2.59 bits per heavy atom. The number of phenols is 2. The molecule has 0 aliphatic carbocycles. The minimum absolute atomic E-state index is 0.0248. The van der Waals surface area contributed by atoms with Gasteiger partial charge in [-0.1, -0.05) is 6.07 Å². The van der Waals surface area contributed by atoms with E-state index in [9.17, 15) is 25.1 Å². The van der Waals surface area contributed by atoms with Gasteiger partial charge in [-0.15, -0.1) is 11.8 Å². The van der Waals surface area contributed by atoms with Gasteiger partial charge in [0.1, 0.15) is 18.4 Å². The number of hydrogen-bond acceptors (Lipinski definition) is 15. The third-order valence-corrected chi connectivity index (χ3v) is 13.4. The monoisotopic (exact) mass is 756 g/mol. The second kappa shape index (κ2) is 12.6. The topological polar surface area (TPSA) is 181 Å². The molecule has 3 aromatic carbocycles. The second-order valence-electron chi connectivity index (χ2n) is 14.7. The lowest BCUT2D eigenvalue weighted by Gasteiger charge is -2.59. The molecule has 282 valence electrons. The minimum Gasteiger partial charge on any atom is -0.504 e. The number of nitrogens with one attached hydrogen (secondary N) is 2. The molecule has 15 heteroatoms. The molecule has 7 aliphatic rings. The van der Waals surface area contributed by atoms with E-state index in [1.165, 1.54) is 32.9 Å². The zero-order valence-electron chi connectivity index (χ0n) is 30.4. The molecule has 3 aromatic rings. The standard InChI is InChI=1S/C39H40N4O10S/c1-16-8-20-9-22-23(12-40)43-24-13-50-38(47)39(21-11-26(48-4)25(45)10-19(21)6-7-41-39)14-54-37(31(43)30(42-22)27(20)32(46)33(16)49-5)29-28(24)36-35(51-15-52-36)17(2)34(29)53-18(3)44/h8,10-11,22-24,30-31,37,41-42,45-46H,6-7,9,13-15H2,1-5H3/t22?,23-,24-,30?,31+,37+,39+/m0/s1. The van der Waals surface area contributed by atoms with Crippen LogP contribution in [0.2, 0.25) is 0 Å². The molecule has 7 atom stereocenters. The van der Waals surface area contributed by atoms with Gasteiger partial charge in [0.05, 0.1) is 37.6 Å². The molecule has 2 fully saturated rings. The first-order valence-corrected chi connectivity index (χ1v) is 19.0. The average Bonchev–Trinajstić information content (AvgIpc) is 3.64. The fourth-order valence-corrected chi connectivity index (χ4v) is 11.5. The predicted molar refractivity (Wildman–Crippen MR) is 193 cm³/mol. The lowest BCUT2D eigenvalue weighted by Crippen LogP contribution is -2.69. The van der Waals surface area contributed by atoms with E-state index in [2.05, 4.69) is 21.6 Å². The van der Waals surface area contributed by atoms with Gasteiger partial charge in [0.15, 0.2) is 40.0 Å². The van der Waals surface area contributed by atoms with Gasteiger partial charge in [-0.3, -0.25) is 15.0 Å². The summed E-state index contributed by atoms with van der Waals surface area (Å²) < 4.78 is 35.9. The molecule has 7 aliphatic heterocycles. The number of esters is 2. The average molecular weight is 757 g/mol. The van der Waals surface area contributed by atoms with Gasteiger partial charge in [0, 0.05) is 53.6 Å². The van der Waals surface area contributed by atoms with E-state index >= 15 is 0 Å². The van der Waals surface area contributed by atoms with E-state index in [1.54, 1.807) is 12.1 Å². The number of methoxy groups -OCH3 is 2. The second-order valence-corrected chi connectivity index (χ2v) is 15.8. The van der Waals surface area contributed by atoms with Crippen LogP contribution in [0, 0.1) is 25.2 Å². The minimum atomic E-state index is -1.36. The number of thioether (sulfide) groups is 1. The number of carbonyl (C=O) groups excluding carboxylic acids is 2. The van der Waals surface area contributed by atoms with E-state index in [0.29, 0.717) is 70.2 Å². The number of rotatable bonds is 3. The molecule has 4 N–H and O–H groups in total. The Morgan fingerprint density at radius 2 is 1.85 bits per heavy atom. The first-order chi connectivity index (χ1) is 26.0. The van der Waals surface area contributed by atoms with Crippen LogP contribution < -0.4 is 34.3 Å². The van der Waals surface area contributed by atoms with Crippen LogP contribution >= 0.6 is 11.8 Å².